The topological polar surface area (TPSA) is 38.2 Å². The number of ether oxygens (including phenoxy) is 1. The van der Waals surface area contributed by atoms with Gasteiger partial charge in [0, 0.05) is 26.3 Å². The fourth-order valence-electron chi connectivity index (χ4n) is 1.27. The fourth-order valence-corrected chi connectivity index (χ4v) is 1.88. The zero-order valence-electron chi connectivity index (χ0n) is 9.73. The van der Waals surface area contributed by atoms with Crippen molar-refractivity contribution in [3.05, 3.63) is 11.2 Å². The van der Waals surface area contributed by atoms with Crippen LogP contribution in [0.25, 0.3) is 0 Å². The minimum Gasteiger partial charge on any atom is -0.383 e. The van der Waals surface area contributed by atoms with Gasteiger partial charge < -0.3 is 9.64 Å². The molecule has 0 N–H and O–H groups in total. The minimum absolute atomic E-state index is 0.477. The summed E-state index contributed by atoms with van der Waals surface area (Å²) in [5.41, 5.74) is 0. The predicted octanol–water partition coefficient (Wildman–Crippen LogP) is 2.32. The van der Waals surface area contributed by atoms with Gasteiger partial charge in [0.05, 0.1) is 6.61 Å². The summed E-state index contributed by atoms with van der Waals surface area (Å²) in [4.78, 5) is 10.6. The smallest absolute Gasteiger partial charge is 0.190 e. The van der Waals surface area contributed by atoms with Crippen molar-refractivity contribution in [2.24, 2.45) is 0 Å². The van der Waals surface area contributed by atoms with E-state index in [9.17, 15) is 0 Å². The Bertz CT molecular complexity index is 338. The largest absolute Gasteiger partial charge is 0.383 e. The van der Waals surface area contributed by atoms with Gasteiger partial charge in [0.25, 0.3) is 0 Å². The molecule has 1 aromatic heterocycles. The first kappa shape index (κ1) is 13.5. The van der Waals surface area contributed by atoms with Crippen LogP contribution in [-0.2, 0) is 4.74 Å². The Balaban J connectivity index is 2.86. The summed E-state index contributed by atoms with van der Waals surface area (Å²) in [5.74, 6) is 0.851. The third kappa shape index (κ3) is 3.81. The van der Waals surface area contributed by atoms with Crippen LogP contribution in [0.2, 0.25) is 5.15 Å². The summed E-state index contributed by atoms with van der Waals surface area (Å²) in [6.45, 7) is 4.41. The van der Waals surface area contributed by atoms with Crippen molar-refractivity contribution in [3.63, 3.8) is 0 Å². The van der Waals surface area contributed by atoms with Crippen LogP contribution in [0.5, 0.6) is 0 Å². The molecule has 1 aromatic rings. The van der Waals surface area contributed by atoms with Gasteiger partial charge in [-0.05, 0) is 13.2 Å². The van der Waals surface area contributed by atoms with Crippen LogP contribution in [-0.4, -0.2) is 43.0 Å². The van der Waals surface area contributed by atoms with E-state index in [0.29, 0.717) is 16.9 Å². The number of hydrogen-bond acceptors (Lipinski definition) is 5. The second kappa shape index (κ2) is 6.93. The lowest BCUT2D eigenvalue weighted by atomic mass is 10.4. The van der Waals surface area contributed by atoms with Crippen molar-refractivity contribution in [1.82, 2.24) is 9.97 Å². The molecule has 0 atom stereocenters. The molecule has 0 saturated heterocycles. The molecule has 0 aliphatic rings. The van der Waals surface area contributed by atoms with Crippen LogP contribution in [0.4, 0.5) is 5.82 Å². The molecule has 1 rings (SSSR count). The zero-order chi connectivity index (χ0) is 12.0. The number of methoxy groups -OCH3 is 1. The van der Waals surface area contributed by atoms with Crippen LogP contribution in [0.15, 0.2) is 11.2 Å². The van der Waals surface area contributed by atoms with Crippen molar-refractivity contribution in [2.75, 3.05) is 38.0 Å². The summed E-state index contributed by atoms with van der Waals surface area (Å²) >= 11 is 7.43. The first-order chi connectivity index (χ1) is 7.71. The first-order valence-electron chi connectivity index (χ1n) is 5.03. The highest BCUT2D eigenvalue weighted by Crippen LogP contribution is 2.20. The molecule has 16 heavy (non-hydrogen) atoms. The summed E-state index contributed by atoms with van der Waals surface area (Å²) < 4.78 is 5.06. The van der Waals surface area contributed by atoms with Crippen molar-refractivity contribution in [1.29, 1.82) is 0 Å². The number of thioether (sulfide) groups is 1. The maximum Gasteiger partial charge on any atom is 0.190 e. The highest BCUT2D eigenvalue weighted by Gasteiger charge is 2.09. The Labute approximate surface area is 105 Å². The van der Waals surface area contributed by atoms with Gasteiger partial charge in [0.1, 0.15) is 11.0 Å². The number of anilines is 1. The Morgan fingerprint density at radius 1 is 1.50 bits per heavy atom. The van der Waals surface area contributed by atoms with Gasteiger partial charge in [0.15, 0.2) is 5.16 Å². The molecule has 0 aliphatic carbocycles. The fraction of sp³-hybridized carbons (Fsp3) is 0.600. The highest BCUT2D eigenvalue weighted by atomic mass is 35.5. The second-order valence-electron chi connectivity index (χ2n) is 3.11. The third-order valence-electron chi connectivity index (χ3n) is 2.11. The van der Waals surface area contributed by atoms with Gasteiger partial charge in [-0.2, -0.15) is 0 Å². The lowest BCUT2D eigenvalue weighted by Gasteiger charge is -2.21. The van der Waals surface area contributed by atoms with E-state index in [1.807, 2.05) is 6.26 Å². The standard InChI is InChI=1S/C10H16ClN3OS/c1-4-14(5-6-15-2)9-7-8(11)12-10(13-9)16-3/h7H,4-6H2,1-3H3. The average Bonchev–Trinajstić information content (AvgIpc) is 2.29. The summed E-state index contributed by atoms with van der Waals surface area (Å²) in [5, 5.41) is 1.17. The summed E-state index contributed by atoms with van der Waals surface area (Å²) in [6, 6.07) is 1.78. The second-order valence-corrected chi connectivity index (χ2v) is 4.27. The maximum absolute atomic E-state index is 5.94. The number of rotatable bonds is 6. The number of likely N-dealkylation sites (N-methyl/N-ethyl adjacent to an activating group) is 1. The van der Waals surface area contributed by atoms with Crippen molar-refractivity contribution < 1.29 is 4.74 Å². The molecule has 90 valence electrons. The monoisotopic (exact) mass is 261 g/mol. The van der Waals surface area contributed by atoms with E-state index in [2.05, 4.69) is 21.8 Å². The van der Waals surface area contributed by atoms with Crippen LogP contribution >= 0.6 is 23.4 Å². The summed E-state index contributed by atoms with van der Waals surface area (Å²) in [7, 11) is 1.69. The molecule has 6 heteroatoms. The molecule has 0 bridgehead atoms. The van der Waals surface area contributed by atoms with Crippen LogP contribution in [0, 0.1) is 0 Å². The lowest BCUT2D eigenvalue weighted by Crippen LogP contribution is -2.27. The van der Waals surface area contributed by atoms with Crippen molar-refractivity contribution in [2.45, 2.75) is 12.1 Å². The number of hydrogen-bond donors (Lipinski definition) is 0. The lowest BCUT2D eigenvalue weighted by molar-refractivity contribution is 0.205. The molecule has 4 nitrogen and oxygen atoms in total. The molecule has 0 spiro atoms. The maximum atomic E-state index is 5.94. The Morgan fingerprint density at radius 2 is 2.25 bits per heavy atom. The van der Waals surface area contributed by atoms with E-state index in [1.165, 1.54) is 11.8 Å². The molecule has 1 heterocycles. The molecule has 0 radical (unpaired) electrons. The average molecular weight is 262 g/mol. The SMILES string of the molecule is CCN(CCOC)c1cc(Cl)nc(SC)n1. The molecular formula is C10H16ClN3OS. The van der Waals surface area contributed by atoms with Crippen molar-refractivity contribution in [3.8, 4) is 0 Å². The van der Waals surface area contributed by atoms with E-state index in [-0.39, 0.29) is 0 Å². The van der Waals surface area contributed by atoms with Crippen molar-refractivity contribution >= 4 is 29.2 Å². The van der Waals surface area contributed by atoms with Gasteiger partial charge in [-0.3, -0.25) is 0 Å². The van der Waals surface area contributed by atoms with Gasteiger partial charge in [-0.1, -0.05) is 23.4 Å². The van der Waals surface area contributed by atoms with E-state index < -0.39 is 0 Å². The first-order valence-corrected chi connectivity index (χ1v) is 6.64. The molecule has 0 amide bonds. The van der Waals surface area contributed by atoms with E-state index >= 15 is 0 Å². The molecule has 0 saturated carbocycles. The van der Waals surface area contributed by atoms with E-state index in [0.717, 1.165) is 18.9 Å². The normalized spacial score (nSPS) is 10.5. The molecule has 0 aliphatic heterocycles. The number of halogens is 1. The van der Waals surface area contributed by atoms with Gasteiger partial charge in [0.2, 0.25) is 0 Å². The van der Waals surface area contributed by atoms with Gasteiger partial charge >= 0.3 is 0 Å². The minimum atomic E-state index is 0.477. The van der Waals surface area contributed by atoms with E-state index in [4.69, 9.17) is 16.3 Å². The highest BCUT2D eigenvalue weighted by molar-refractivity contribution is 7.98. The Kier molecular flexibility index (Phi) is 5.87. The van der Waals surface area contributed by atoms with Crippen LogP contribution in [0.1, 0.15) is 6.92 Å². The van der Waals surface area contributed by atoms with Crippen LogP contribution in [0.3, 0.4) is 0 Å². The quantitative estimate of drug-likeness (QED) is 0.446. The molecule has 0 aromatic carbocycles. The summed E-state index contributed by atoms with van der Waals surface area (Å²) in [6.07, 6.45) is 1.93. The number of aromatic nitrogens is 2. The van der Waals surface area contributed by atoms with Crippen LogP contribution < -0.4 is 4.90 Å². The predicted molar refractivity (Wildman–Crippen MR) is 68.6 cm³/mol. The molecule has 0 fully saturated rings. The van der Waals surface area contributed by atoms with E-state index in [1.54, 1.807) is 13.2 Å². The molecule has 0 unspecified atom stereocenters. The van der Waals surface area contributed by atoms with Gasteiger partial charge in [-0.25, -0.2) is 9.97 Å². The molecular weight excluding hydrogens is 246 g/mol. The van der Waals surface area contributed by atoms with Gasteiger partial charge in [-0.15, -0.1) is 0 Å². The Hall–Kier alpha value is -0.520. The third-order valence-corrected chi connectivity index (χ3v) is 2.86. The number of nitrogens with zero attached hydrogens (tertiary/aromatic N) is 3. The Morgan fingerprint density at radius 3 is 2.81 bits per heavy atom. The zero-order valence-corrected chi connectivity index (χ0v) is 11.3.